The van der Waals surface area contributed by atoms with Crippen LogP contribution in [0.25, 0.3) is 0 Å². The van der Waals surface area contributed by atoms with Crippen molar-refractivity contribution in [2.24, 2.45) is 0 Å². The van der Waals surface area contributed by atoms with Gasteiger partial charge in [0, 0.05) is 12.1 Å². The molecule has 2 rings (SSSR count). The molecule has 0 spiro atoms. The van der Waals surface area contributed by atoms with E-state index in [4.69, 9.17) is 5.11 Å². The second kappa shape index (κ2) is 3.73. The van der Waals surface area contributed by atoms with Gasteiger partial charge in [0.05, 0.1) is 0 Å². The molecule has 0 amide bonds. The van der Waals surface area contributed by atoms with Crippen LogP contribution in [-0.4, -0.2) is 33.3 Å². The molecule has 1 aromatic rings. The maximum atomic E-state index is 12.7. The number of aromatic carboxylic acids is 1. The molecular formula is C9H11F2N3O2. The van der Waals surface area contributed by atoms with Crippen molar-refractivity contribution >= 4 is 11.8 Å². The summed E-state index contributed by atoms with van der Waals surface area (Å²) in [5, 5.41) is 15.3. The molecule has 16 heavy (non-hydrogen) atoms. The van der Waals surface area contributed by atoms with Crippen LogP contribution in [0.3, 0.4) is 0 Å². The zero-order valence-corrected chi connectivity index (χ0v) is 8.52. The van der Waals surface area contributed by atoms with E-state index in [1.54, 1.807) is 6.92 Å². The van der Waals surface area contributed by atoms with E-state index in [9.17, 15) is 13.6 Å². The van der Waals surface area contributed by atoms with Crippen molar-refractivity contribution in [1.82, 2.24) is 9.78 Å². The van der Waals surface area contributed by atoms with Crippen LogP contribution in [0.1, 0.15) is 29.9 Å². The highest BCUT2D eigenvalue weighted by Crippen LogP contribution is 2.31. The van der Waals surface area contributed by atoms with Gasteiger partial charge in [0.2, 0.25) is 0 Å². The van der Waals surface area contributed by atoms with Crippen molar-refractivity contribution in [2.75, 3.05) is 5.32 Å². The predicted molar refractivity (Wildman–Crippen MR) is 51.9 cm³/mol. The van der Waals surface area contributed by atoms with E-state index in [2.05, 4.69) is 10.4 Å². The van der Waals surface area contributed by atoms with Crippen molar-refractivity contribution in [2.45, 2.75) is 31.9 Å². The number of halogens is 2. The summed E-state index contributed by atoms with van der Waals surface area (Å²) in [6.45, 7) is 1.77. The number of hydrogen-bond acceptors (Lipinski definition) is 3. The predicted octanol–water partition coefficient (Wildman–Crippen LogP) is 1.59. The molecule has 2 heterocycles. The molecule has 0 saturated heterocycles. The lowest BCUT2D eigenvalue weighted by Crippen LogP contribution is -2.33. The van der Waals surface area contributed by atoms with E-state index in [0.717, 1.165) is 4.68 Å². The monoisotopic (exact) mass is 231 g/mol. The summed E-state index contributed by atoms with van der Waals surface area (Å²) in [4.78, 5) is 10.7. The Hall–Kier alpha value is -1.66. The first-order chi connectivity index (χ1) is 7.49. The molecule has 88 valence electrons. The first kappa shape index (κ1) is 10.8. The van der Waals surface area contributed by atoms with Crippen molar-refractivity contribution in [1.29, 1.82) is 0 Å². The minimum atomic E-state index is -2.55. The van der Waals surface area contributed by atoms with E-state index in [-0.39, 0.29) is 18.2 Å². The third-order valence-electron chi connectivity index (χ3n) is 2.55. The van der Waals surface area contributed by atoms with Gasteiger partial charge < -0.3 is 10.4 Å². The number of carboxylic acid groups (broad SMARTS) is 1. The second-order valence-electron chi connectivity index (χ2n) is 3.85. The van der Waals surface area contributed by atoms with Gasteiger partial charge in [0.25, 0.3) is 6.43 Å². The molecule has 0 saturated carbocycles. The molecule has 0 bridgehead atoms. The number of fused-ring (bicyclic) bond motifs is 1. The van der Waals surface area contributed by atoms with Gasteiger partial charge in [-0.1, -0.05) is 0 Å². The molecule has 7 heteroatoms. The van der Waals surface area contributed by atoms with Crippen LogP contribution in [0.2, 0.25) is 0 Å². The summed E-state index contributed by atoms with van der Waals surface area (Å²) >= 11 is 0. The lowest BCUT2D eigenvalue weighted by atomic mass is 10.1. The second-order valence-corrected chi connectivity index (χ2v) is 3.85. The number of nitrogens with zero attached hydrogens (tertiary/aromatic N) is 2. The zero-order valence-electron chi connectivity index (χ0n) is 8.52. The molecule has 2 N–H and O–H groups in total. The van der Waals surface area contributed by atoms with Crippen molar-refractivity contribution in [3.05, 3.63) is 11.8 Å². The maximum Gasteiger partial charge on any atom is 0.356 e. The minimum Gasteiger partial charge on any atom is -0.476 e. The van der Waals surface area contributed by atoms with Crippen molar-refractivity contribution in [3.8, 4) is 0 Å². The first-order valence-corrected chi connectivity index (χ1v) is 4.86. The number of aromatic nitrogens is 2. The normalized spacial score (nSPS) is 24.0. The number of carbonyl (C=O) groups is 1. The molecule has 0 aromatic carbocycles. The fourth-order valence-corrected chi connectivity index (χ4v) is 1.84. The summed E-state index contributed by atoms with van der Waals surface area (Å²) in [5.74, 6) is -0.884. The number of nitrogens with one attached hydrogen (secondary N) is 1. The van der Waals surface area contributed by atoms with Gasteiger partial charge >= 0.3 is 5.97 Å². The quantitative estimate of drug-likeness (QED) is 0.811. The third kappa shape index (κ3) is 1.72. The number of carboxylic acids is 1. The van der Waals surface area contributed by atoms with Crippen molar-refractivity contribution < 1.29 is 18.7 Å². The molecule has 0 unspecified atom stereocenters. The molecule has 1 aliphatic rings. The van der Waals surface area contributed by atoms with E-state index in [1.165, 1.54) is 6.07 Å². The van der Waals surface area contributed by atoms with Crippen LogP contribution < -0.4 is 5.32 Å². The first-order valence-electron chi connectivity index (χ1n) is 4.86. The average Bonchev–Trinajstić information content (AvgIpc) is 2.59. The molecule has 2 atom stereocenters. The summed E-state index contributed by atoms with van der Waals surface area (Å²) < 4.78 is 26.6. The molecule has 5 nitrogen and oxygen atoms in total. The molecular weight excluding hydrogens is 220 g/mol. The molecule has 1 aromatic heterocycles. The van der Waals surface area contributed by atoms with Gasteiger partial charge in [-0.05, 0) is 13.3 Å². The molecule has 0 radical (unpaired) electrons. The number of anilines is 1. The Morgan fingerprint density at radius 1 is 1.75 bits per heavy atom. The van der Waals surface area contributed by atoms with Gasteiger partial charge in [-0.15, -0.1) is 0 Å². The van der Waals surface area contributed by atoms with E-state index in [0.29, 0.717) is 5.82 Å². The Kier molecular flexibility index (Phi) is 2.53. The number of rotatable bonds is 2. The summed E-state index contributed by atoms with van der Waals surface area (Å²) in [7, 11) is 0. The van der Waals surface area contributed by atoms with E-state index < -0.39 is 18.4 Å². The highest BCUT2D eigenvalue weighted by molar-refractivity contribution is 5.86. The van der Waals surface area contributed by atoms with Crippen LogP contribution in [-0.2, 0) is 0 Å². The average molecular weight is 231 g/mol. The number of hydrogen-bond donors (Lipinski definition) is 2. The summed E-state index contributed by atoms with van der Waals surface area (Å²) in [6.07, 6.45) is -2.32. The lowest BCUT2D eigenvalue weighted by molar-refractivity contribution is 0.0630. The van der Waals surface area contributed by atoms with Gasteiger partial charge in [-0.3, -0.25) is 0 Å². The Morgan fingerprint density at radius 3 is 3.00 bits per heavy atom. The SMILES string of the molecule is C[C@@H]1C[C@@H](C(F)F)n2nc(C(=O)O)cc2N1. The fraction of sp³-hybridized carbons (Fsp3) is 0.556. The van der Waals surface area contributed by atoms with Gasteiger partial charge in [0.15, 0.2) is 5.69 Å². The Morgan fingerprint density at radius 2 is 2.44 bits per heavy atom. The van der Waals surface area contributed by atoms with Gasteiger partial charge in [-0.2, -0.15) is 5.10 Å². The Bertz CT molecular complexity index is 419. The molecule has 0 aliphatic carbocycles. The van der Waals surface area contributed by atoms with Crippen LogP contribution in [0.4, 0.5) is 14.6 Å². The van der Waals surface area contributed by atoms with Crippen LogP contribution in [0.5, 0.6) is 0 Å². The molecule has 1 aliphatic heterocycles. The lowest BCUT2D eigenvalue weighted by Gasteiger charge is -2.29. The van der Waals surface area contributed by atoms with Crippen molar-refractivity contribution in [3.63, 3.8) is 0 Å². The largest absolute Gasteiger partial charge is 0.476 e. The topological polar surface area (TPSA) is 67.2 Å². The van der Waals surface area contributed by atoms with Crippen LogP contribution in [0, 0.1) is 0 Å². The van der Waals surface area contributed by atoms with Gasteiger partial charge in [0.1, 0.15) is 11.9 Å². The fourth-order valence-electron chi connectivity index (χ4n) is 1.84. The Balaban J connectivity index is 2.41. The van der Waals surface area contributed by atoms with E-state index in [1.807, 2.05) is 0 Å². The highest BCUT2D eigenvalue weighted by Gasteiger charge is 2.32. The standard InChI is InChI=1S/C9H11F2N3O2/c1-4-2-6(8(10)11)14-7(12-4)3-5(13-14)9(15)16/h3-4,6,8,12H,2H2,1H3,(H,15,16)/t4-,6+/m1/s1. The minimum absolute atomic E-state index is 0.121. The maximum absolute atomic E-state index is 12.7. The summed E-state index contributed by atoms with van der Waals surface area (Å²) in [6, 6.07) is 0.0945. The van der Waals surface area contributed by atoms with Crippen LogP contribution in [0.15, 0.2) is 6.07 Å². The zero-order chi connectivity index (χ0) is 11.9. The third-order valence-corrected chi connectivity index (χ3v) is 2.55. The smallest absolute Gasteiger partial charge is 0.356 e. The molecule has 0 fully saturated rings. The Labute approximate surface area is 90.1 Å². The number of alkyl halides is 2. The highest BCUT2D eigenvalue weighted by atomic mass is 19.3. The van der Waals surface area contributed by atoms with E-state index >= 15 is 0 Å². The summed E-state index contributed by atoms with van der Waals surface area (Å²) in [5.41, 5.74) is -0.220. The van der Waals surface area contributed by atoms with Crippen LogP contribution >= 0.6 is 0 Å². The van der Waals surface area contributed by atoms with Gasteiger partial charge in [-0.25, -0.2) is 18.3 Å².